The van der Waals surface area contributed by atoms with E-state index in [1.165, 1.54) is 6.07 Å². The minimum absolute atomic E-state index is 0.0157. The van der Waals surface area contributed by atoms with Gasteiger partial charge in [0.25, 0.3) is 0 Å². The van der Waals surface area contributed by atoms with Crippen LogP contribution in [0.4, 0.5) is 10.1 Å². The topological polar surface area (TPSA) is 50.4 Å². The Balaban J connectivity index is 2.12. The minimum Gasteiger partial charge on any atom is -0.379 e. The Morgan fingerprint density at radius 3 is 2.95 bits per heavy atom. The first-order chi connectivity index (χ1) is 9.52. The molecule has 0 spiro atoms. The summed E-state index contributed by atoms with van der Waals surface area (Å²) in [5.41, 5.74) is 0.375. The molecule has 0 aliphatic carbocycles. The first-order valence-corrected chi connectivity index (χ1v) is 7.46. The van der Waals surface area contributed by atoms with Crippen molar-refractivity contribution in [1.82, 2.24) is 5.32 Å². The number of ether oxygens (including phenoxy) is 1. The maximum atomic E-state index is 13.2. The Labute approximate surface area is 130 Å². The quantitative estimate of drug-likeness (QED) is 0.863. The molecular weight excluding hydrogens is 351 g/mol. The lowest BCUT2D eigenvalue weighted by atomic mass is 10.0. The summed E-state index contributed by atoms with van der Waals surface area (Å²) in [4.78, 5) is 12.3. The largest absolute Gasteiger partial charge is 0.379 e. The van der Waals surface area contributed by atoms with Crippen molar-refractivity contribution in [2.75, 3.05) is 25.1 Å². The molecule has 2 unspecified atom stereocenters. The van der Waals surface area contributed by atoms with Crippen molar-refractivity contribution in [2.24, 2.45) is 5.92 Å². The highest BCUT2D eigenvalue weighted by Gasteiger charge is 2.33. The van der Waals surface area contributed by atoms with Gasteiger partial charge in [0.1, 0.15) is 5.82 Å². The van der Waals surface area contributed by atoms with E-state index in [4.69, 9.17) is 16.3 Å². The van der Waals surface area contributed by atoms with E-state index in [1.54, 1.807) is 0 Å². The molecule has 7 heteroatoms. The van der Waals surface area contributed by atoms with E-state index in [1.807, 2.05) is 6.92 Å². The fourth-order valence-electron chi connectivity index (χ4n) is 2.15. The van der Waals surface area contributed by atoms with Crippen molar-refractivity contribution in [2.45, 2.75) is 13.0 Å². The second kappa shape index (κ2) is 6.85. The van der Waals surface area contributed by atoms with E-state index in [9.17, 15) is 9.18 Å². The fourth-order valence-corrected chi connectivity index (χ4v) is 3.05. The van der Waals surface area contributed by atoms with Crippen LogP contribution in [0, 0.1) is 11.7 Å². The maximum Gasteiger partial charge on any atom is 0.231 e. The van der Waals surface area contributed by atoms with Crippen molar-refractivity contribution >= 4 is 39.1 Å². The molecule has 2 atom stereocenters. The number of carbonyl (C=O) groups is 1. The molecule has 1 fully saturated rings. The molecule has 110 valence electrons. The molecule has 20 heavy (non-hydrogen) atoms. The van der Waals surface area contributed by atoms with Gasteiger partial charge in [-0.2, -0.15) is 0 Å². The molecule has 0 saturated carbocycles. The predicted molar refractivity (Wildman–Crippen MR) is 79.5 cm³/mol. The van der Waals surface area contributed by atoms with Crippen LogP contribution in [0.1, 0.15) is 6.92 Å². The normalized spacial score (nSPS) is 22.0. The molecule has 1 aromatic carbocycles. The first kappa shape index (κ1) is 15.7. The van der Waals surface area contributed by atoms with Gasteiger partial charge in [0.2, 0.25) is 5.91 Å². The standard InChI is InChI=1S/C13H15BrClFN2O2/c1-2-17-11-6-20-5-8(11)13(19)18-12-9(14)3-7(16)4-10(12)15/h3-4,8,11,17H,2,5-6H2,1H3,(H,18,19). The van der Waals surface area contributed by atoms with Crippen LogP contribution < -0.4 is 10.6 Å². The molecule has 0 aromatic heterocycles. The SMILES string of the molecule is CCNC1COCC1C(=O)Nc1c(Cl)cc(F)cc1Br. The molecule has 1 amide bonds. The van der Waals surface area contributed by atoms with Gasteiger partial charge in [-0.05, 0) is 34.6 Å². The number of amides is 1. The Morgan fingerprint density at radius 1 is 1.55 bits per heavy atom. The highest BCUT2D eigenvalue weighted by Crippen LogP contribution is 2.32. The fraction of sp³-hybridized carbons (Fsp3) is 0.462. The summed E-state index contributed by atoms with van der Waals surface area (Å²) >= 11 is 9.15. The van der Waals surface area contributed by atoms with Crippen LogP contribution in [0.3, 0.4) is 0 Å². The van der Waals surface area contributed by atoms with Crippen molar-refractivity contribution < 1.29 is 13.9 Å². The number of likely N-dealkylation sites (N-methyl/N-ethyl adjacent to an activating group) is 1. The number of nitrogens with one attached hydrogen (secondary N) is 2. The van der Waals surface area contributed by atoms with Crippen LogP contribution in [0.5, 0.6) is 0 Å². The Hall–Kier alpha value is -0.690. The zero-order valence-electron chi connectivity index (χ0n) is 10.9. The lowest BCUT2D eigenvalue weighted by molar-refractivity contribution is -0.120. The van der Waals surface area contributed by atoms with Crippen LogP contribution in [0.2, 0.25) is 5.02 Å². The summed E-state index contributed by atoms with van der Waals surface area (Å²) in [5, 5.41) is 6.10. The van der Waals surface area contributed by atoms with Gasteiger partial charge >= 0.3 is 0 Å². The first-order valence-electron chi connectivity index (χ1n) is 6.29. The number of halogens is 3. The van der Waals surface area contributed by atoms with Gasteiger partial charge in [0.15, 0.2) is 0 Å². The summed E-state index contributed by atoms with van der Waals surface area (Å²) in [7, 11) is 0. The van der Waals surface area contributed by atoms with Crippen molar-refractivity contribution in [3.05, 3.63) is 27.4 Å². The lowest BCUT2D eigenvalue weighted by Crippen LogP contribution is -2.41. The second-order valence-corrected chi connectivity index (χ2v) is 5.80. The summed E-state index contributed by atoms with van der Waals surface area (Å²) in [5.74, 6) is -0.944. The third-order valence-electron chi connectivity index (χ3n) is 3.14. The van der Waals surface area contributed by atoms with Crippen LogP contribution in [0.15, 0.2) is 16.6 Å². The summed E-state index contributed by atoms with van der Waals surface area (Å²) in [6, 6.07) is 2.40. The molecular formula is C13H15BrClFN2O2. The summed E-state index contributed by atoms with van der Waals surface area (Å²) < 4.78 is 18.9. The maximum absolute atomic E-state index is 13.2. The monoisotopic (exact) mass is 364 g/mol. The molecule has 2 N–H and O–H groups in total. The molecule has 4 nitrogen and oxygen atoms in total. The Morgan fingerprint density at radius 2 is 2.30 bits per heavy atom. The number of hydrogen-bond acceptors (Lipinski definition) is 3. The van der Waals surface area contributed by atoms with E-state index >= 15 is 0 Å². The average molecular weight is 366 g/mol. The number of benzene rings is 1. The summed E-state index contributed by atoms with van der Waals surface area (Å²) in [6.45, 7) is 3.60. The zero-order valence-corrected chi connectivity index (χ0v) is 13.2. The van der Waals surface area contributed by atoms with E-state index < -0.39 is 5.82 Å². The third kappa shape index (κ3) is 3.49. The third-order valence-corrected chi connectivity index (χ3v) is 4.06. The molecule has 1 heterocycles. The number of anilines is 1. The lowest BCUT2D eigenvalue weighted by Gasteiger charge is -2.18. The number of hydrogen-bond donors (Lipinski definition) is 2. The van der Waals surface area contributed by atoms with Gasteiger partial charge in [-0.25, -0.2) is 4.39 Å². The molecule has 0 bridgehead atoms. The van der Waals surface area contributed by atoms with Gasteiger partial charge in [0, 0.05) is 10.5 Å². The van der Waals surface area contributed by atoms with Crippen LogP contribution in [-0.2, 0) is 9.53 Å². The number of rotatable bonds is 4. The molecule has 0 radical (unpaired) electrons. The molecule has 1 saturated heterocycles. The van der Waals surface area contributed by atoms with Crippen LogP contribution in [0.25, 0.3) is 0 Å². The van der Waals surface area contributed by atoms with Gasteiger partial charge < -0.3 is 15.4 Å². The van der Waals surface area contributed by atoms with Crippen molar-refractivity contribution in [1.29, 1.82) is 0 Å². The summed E-state index contributed by atoms with van der Waals surface area (Å²) in [6.07, 6.45) is 0. The predicted octanol–water partition coefficient (Wildman–Crippen LogP) is 2.80. The van der Waals surface area contributed by atoms with E-state index in [0.717, 1.165) is 12.6 Å². The highest BCUT2D eigenvalue weighted by molar-refractivity contribution is 9.10. The molecule has 2 rings (SSSR count). The van der Waals surface area contributed by atoms with Gasteiger partial charge in [-0.15, -0.1) is 0 Å². The molecule has 1 aromatic rings. The van der Waals surface area contributed by atoms with Gasteiger partial charge in [-0.1, -0.05) is 18.5 Å². The average Bonchev–Trinajstić information content (AvgIpc) is 2.82. The smallest absolute Gasteiger partial charge is 0.231 e. The molecule has 1 aliphatic heterocycles. The Kier molecular flexibility index (Phi) is 5.37. The van der Waals surface area contributed by atoms with E-state index in [-0.39, 0.29) is 22.9 Å². The zero-order chi connectivity index (χ0) is 14.7. The van der Waals surface area contributed by atoms with Crippen LogP contribution >= 0.6 is 27.5 Å². The second-order valence-electron chi connectivity index (χ2n) is 4.54. The minimum atomic E-state index is -0.463. The number of carbonyl (C=O) groups excluding carboxylic acids is 1. The van der Waals surface area contributed by atoms with Crippen molar-refractivity contribution in [3.63, 3.8) is 0 Å². The Bertz CT molecular complexity index is 492. The van der Waals surface area contributed by atoms with Gasteiger partial charge in [0.05, 0.1) is 29.8 Å². The van der Waals surface area contributed by atoms with Crippen LogP contribution in [-0.4, -0.2) is 31.7 Å². The van der Waals surface area contributed by atoms with E-state index in [0.29, 0.717) is 23.4 Å². The highest BCUT2D eigenvalue weighted by atomic mass is 79.9. The molecule has 1 aliphatic rings. The van der Waals surface area contributed by atoms with Crippen molar-refractivity contribution in [3.8, 4) is 0 Å². The van der Waals surface area contributed by atoms with E-state index in [2.05, 4.69) is 26.6 Å². The van der Waals surface area contributed by atoms with Gasteiger partial charge in [-0.3, -0.25) is 4.79 Å².